The third-order valence-corrected chi connectivity index (χ3v) is 1.30. The summed E-state index contributed by atoms with van der Waals surface area (Å²) in [5.41, 5.74) is 0. The molecule has 64 valence electrons. The summed E-state index contributed by atoms with van der Waals surface area (Å²) in [6.45, 7) is 0.642. The maximum atomic E-state index is 10.0. The van der Waals surface area contributed by atoms with E-state index in [4.69, 9.17) is 5.11 Å². The van der Waals surface area contributed by atoms with E-state index >= 15 is 0 Å². The van der Waals surface area contributed by atoms with E-state index in [1.807, 2.05) is 0 Å². The van der Waals surface area contributed by atoms with Crippen LogP contribution in [0.15, 0.2) is 0 Å². The quantitative estimate of drug-likeness (QED) is 0.417. The summed E-state index contributed by atoms with van der Waals surface area (Å²) in [5.74, 6) is -0.756. The van der Waals surface area contributed by atoms with E-state index in [2.05, 4.69) is 5.32 Å². The van der Waals surface area contributed by atoms with Crippen molar-refractivity contribution in [3.05, 3.63) is 0 Å². The summed E-state index contributed by atoms with van der Waals surface area (Å²) >= 11 is 0. The van der Waals surface area contributed by atoms with E-state index in [1.54, 1.807) is 0 Å². The summed E-state index contributed by atoms with van der Waals surface area (Å²) in [6.07, 6.45) is 3.27. The first-order valence-electron chi connectivity index (χ1n) is 3.66. The van der Waals surface area contributed by atoms with Crippen LogP contribution < -0.4 is 5.32 Å². The van der Waals surface area contributed by atoms with Crippen molar-refractivity contribution in [3.63, 3.8) is 0 Å². The van der Waals surface area contributed by atoms with Crippen LogP contribution in [-0.4, -0.2) is 24.0 Å². The van der Waals surface area contributed by atoms with Gasteiger partial charge in [-0.25, -0.2) is 0 Å². The Morgan fingerprint density at radius 3 is 2.64 bits per heavy atom. The Labute approximate surface area is 65.6 Å². The van der Waals surface area contributed by atoms with Crippen LogP contribution in [0.5, 0.6) is 0 Å². The van der Waals surface area contributed by atoms with Crippen molar-refractivity contribution < 1.29 is 14.7 Å². The van der Waals surface area contributed by atoms with Gasteiger partial charge in [-0.15, -0.1) is 0 Å². The van der Waals surface area contributed by atoms with Gasteiger partial charge in [0.25, 0.3) is 0 Å². The third-order valence-electron chi connectivity index (χ3n) is 1.30. The maximum absolute atomic E-state index is 10.0. The highest BCUT2D eigenvalue weighted by molar-refractivity contribution is 5.66. The van der Waals surface area contributed by atoms with Crippen LogP contribution in [0.2, 0.25) is 0 Å². The van der Waals surface area contributed by atoms with E-state index in [-0.39, 0.29) is 6.42 Å². The van der Waals surface area contributed by atoms with Gasteiger partial charge in [-0.2, -0.15) is 0 Å². The molecule has 0 spiro atoms. The van der Waals surface area contributed by atoms with Gasteiger partial charge in [0.1, 0.15) is 0 Å². The molecule has 0 aromatic carbocycles. The zero-order valence-electron chi connectivity index (χ0n) is 6.38. The number of nitrogens with one attached hydrogen (secondary N) is 1. The summed E-state index contributed by atoms with van der Waals surface area (Å²) in [4.78, 5) is 19.8. The molecule has 2 N–H and O–H groups in total. The van der Waals surface area contributed by atoms with Crippen molar-refractivity contribution >= 4 is 12.4 Å². The van der Waals surface area contributed by atoms with Gasteiger partial charge < -0.3 is 10.4 Å². The number of amides is 1. The number of carboxylic acids is 1. The molecular formula is C7H13NO3. The lowest BCUT2D eigenvalue weighted by Gasteiger charge is -1.96. The molecule has 0 saturated carbocycles. The van der Waals surface area contributed by atoms with Gasteiger partial charge in [-0.1, -0.05) is 6.42 Å². The number of unbranched alkanes of at least 4 members (excludes halogenated alkanes) is 2. The summed E-state index contributed by atoms with van der Waals surface area (Å²) in [5, 5.41) is 10.8. The molecule has 0 atom stereocenters. The Kier molecular flexibility index (Phi) is 6.37. The Bertz CT molecular complexity index is 125. The Balaban J connectivity index is 2.90. The van der Waals surface area contributed by atoms with Crippen molar-refractivity contribution in [3.8, 4) is 0 Å². The first-order valence-corrected chi connectivity index (χ1v) is 3.66. The number of rotatable bonds is 7. The predicted molar refractivity (Wildman–Crippen MR) is 40.2 cm³/mol. The van der Waals surface area contributed by atoms with Crippen molar-refractivity contribution in [2.75, 3.05) is 6.54 Å². The molecule has 0 aliphatic heterocycles. The van der Waals surface area contributed by atoms with Crippen molar-refractivity contribution in [2.24, 2.45) is 0 Å². The minimum Gasteiger partial charge on any atom is -0.481 e. The molecule has 4 heteroatoms. The van der Waals surface area contributed by atoms with Crippen LogP contribution in [0.4, 0.5) is 0 Å². The average Bonchev–Trinajstić information content (AvgIpc) is 1.96. The lowest BCUT2D eigenvalue weighted by Crippen LogP contribution is -2.11. The Morgan fingerprint density at radius 2 is 2.09 bits per heavy atom. The van der Waals surface area contributed by atoms with E-state index in [0.717, 1.165) is 12.8 Å². The zero-order valence-corrected chi connectivity index (χ0v) is 6.38. The van der Waals surface area contributed by atoms with Crippen LogP contribution >= 0.6 is 0 Å². The minimum atomic E-state index is -0.756. The second-order valence-corrected chi connectivity index (χ2v) is 2.28. The first kappa shape index (κ1) is 9.94. The number of aliphatic carboxylic acids is 1. The number of carbonyl (C=O) groups excluding carboxylic acids is 1. The molecule has 0 aromatic rings. The number of hydrogen-bond acceptors (Lipinski definition) is 2. The van der Waals surface area contributed by atoms with E-state index in [0.29, 0.717) is 19.4 Å². The molecule has 0 rings (SSSR count). The lowest BCUT2D eigenvalue weighted by atomic mass is 10.2. The number of carbonyl (C=O) groups is 2. The average molecular weight is 159 g/mol. The number of carboxylic acid groups (broad SMARTS) is 1. The molecule has 0 bridgehead atoms. The number of hydrogen-bond donors (Lipinski definition) is 2. The highest BCUT2D eigenvalue weighted by Gasteiger charge is 1.94. The fraction of sp³-hybridized carbons (Fsp3) is 0.714. The van der Waals surface area contributed by atoms with Crippen LogP contribution in [-0.2, 0) is 9.59 Å². The lowest BCUT2D eigenvalue weighted by molar-refractivity contribution is -0.137. The standard InChI is InChI=1S/C7H13NO3/c9-6-8-5-3-1-2-4-7(10)11/h6H,1-5H2,(H,8,9)(H,10,11). The molecule has 4 nitrogen and oxygen atoms in total. The van der Waals surface area contributed by atoms with E-state index in [1.165, 1.54) is 0 Å². The fourth-order valence-corrected chi connectivity index (χ4v) is 0.739. The molecule has 0 heterocycles. The van der Waals surface area contributed by atoms with E-state index in [9.17, 15) is 9.59 Å². The van der Waals surface area contributed by atoms with Crippen LogP contribution in [0.3, 0.4) is 0 Å². The monoisotopic (exact) mass is 159 g/mol. The topological polar surface area (TPSA) is 66.4 Å². The summed E-state index contributed by atoms with van der Waals surface area (Å²) in [6, 6.07) is 0. The van der Waals surface area contributed by atoms with Crippen molar-refractivity contribution in [2.45, 2.75) is 25.7 Å². The molecule has 11 heavy (non-hydrogen) atoms. The van der Waals surface area contributed by atoms with Crippen LogP contribution in [0.1, 0.15) is 25.7 Å². The fourth-order valence-electron chi connectivity index (χ4n) is 0.739. The second kappa shape index (κ2) is 7.05. The van der Waals surface area contributed by atoms with Gasteiger partial charge in [0.05, 0.1) is 0 Å². The maximum Gasteiger partial charge on any atom is 0.303 e. The molecule has 0 aliphatic rings. The SMILES string of the molecule is O=CNCCCCCC(=O)O. The molecule has 0 saturated heterocycles. The molecule has 0 aromatic heterocycles. The predicted octanol–water partition coefficient (Wildman–Crippen LogP) is 0.377. The zero-order chi connectivity index (χ0) is 8.53. The molecule has 0 aliphatic carbocycles. The third kappa shape index (κ3) is 8.94. The molecule has 0 radical (unpaired) electrons. The van der Waals surface area contributed by atoms with Crippen LogP contribution in [0, 0.1) is 0 Å². The molecule has 0 fully saturated rings. The van der Waals surface area contributed by atoms with Crippen LogP contribution in [0.25, 0.3) is 0 Å². The summed E-state index contributed by atoms with van der Waals surface area (Å²) < 4.78 is 0. The normalized spacial score (nSPS) is 9.09. The molecule has 1 amide bonds. The first-order chi connectivity index (χ1) is 5.27. The van der Waals surface area contributed by atoms with Crippen molar-refractivity contribution in [1.82, 2.24) is 5.32 Å². The van der Waals surface area contributed by atoms with Gasteiger partial charge >= 0.3 is 5.97 Å². The molecular weight excluding hydrogens is 146 g/mol. The summed E-state index contributed by atoms with van der Waals surface area (Å²) in [7, 11) is 0. The highest BCUT2D eigenvalue weighted by atomic mass is 16.4. The molecule has 0 unspecified atom stereocenters. The minimum absolute atomic E-state index is 0.223. The van der Waals surface area contributed by atoms with Crippen molar-refractivity contribution in [1.29, 1.82) is 0 Å². The van der Waals surface area contributed by atoms with E-state index < -0.39 is 5.97 Å². The largest absolute Gasteiger partial charge is 0.481 e. The van der Waals surface area contributed by atoms with Gasteiger partial charge in [0.2, 0.25) is 6.41 Å². The second-order valence-electron chi connectivity index (χ2n) is 2.28. The smallest absolute Gasteiger partial charge is 0.303 e. The van der Waals surface area contributed by atoms with Gasteiger partial charge in [-0.3, -0.25) is 9.59 Å². The van der Waals surface area contributed by atoms with Gasteiger partial charge in [0.15, 0.2) is 0 Å². The van der Waals surface area contributed by atoms with Gasteiger partial charge in [0, 0.05) is 13.0 Å². The highest BCUT2D eigenvalue weighted by Crippen LogP contribution is 1.97. The Morgan fingerprint density at radius 1 is 1.36 bits per heavy atom. The van der Waals surface area contributed by atoms with Gasteiger partial charge in [-0.05, 0) is 12.8 Å². The Hall–Kier alpha value is -1.06.